The monoisotopic (exact) mass is 175 g/mol. The van der Waals surface area contributed by atoms with Gasteiger partial charge in [-0.2, -0.15) is 0 Å². The molecule has 0 atom stereocenters. The van der Waals surface area contributed by atoms with E-state index in [0.717, 1.165) is 6.54 Å². The van der Waals surface area contributed by atoms with Gasteiger partial charge >= 0.3 is 0 Å². The Morgan fingerprint density at radius 3 is 2.67 bits per heavy atom. The van der Waals surface area contributed by atoms with Gasteiger partial charge in [-0.1, -0.05) is 6.92 Å². The van der Waals surface area contributed by atoms with Gasteiger partial charge < -0.3 is 9.84 Å². The number of nitrogens with zero attached hydrogens (tertiary/aromatic N) is 1. The van der Waals surface area contributed by atoms with Gasteiger partial charge in [-0.15, -0.1) is 0 Å². The highest BCUT2D eigenvalue weighted by Gasteiger charge is 2.07. The Labute approximate surface area is 73.1 Å². The van der Waals surface area contributed by atoms with Gasteiger partial charge in [0.25, 0.3) is 0 Å². The average molecular weight is 175 g/mol. The Balaban J connectivity index is 3.61. The molecule has 0 aromatic rings. The first-order chi connectivity index (χ1) is 5.74. The van der Waals surface area contributed by atoms with E-state index in [0.29, 0.717) is 13.1 Å². The van der Waals surface area contributed by atoms with Crippen LogP contribution in [-0.4, -0.2) is 55.7 Å². The van der Waals surface area contributed by atoms with Crippen LogP contribution in [0.5, 0.6) is 0 Å². The SMILES string of the molecule is CCN(CCO)CC(=O)COC. The van der Waals surface area contributed by atoms with Crippen molar-refractivity contribution in [3.63, 3.8) is 0 Å². The molecule has 0 aromatic carbocycles. The molecule has 0 aliphatic carbocycles. The quantitative estimate of drug-likeness (QED) is 0.567. The van der Waals surface area contributed by atoms with E-state index in [1.807, 2.05) is 11.8 Å². The van der Waals surface area contributed by atoms with Gasteiger partial charge in [-0.05, 0) is 6.54 Å². The minimum atomic E-state index is 0.0489. The van der Waals surface area contributed by atoms with Gasteiger partial charge in [0.05, 0.1) is 13.2 Å². The molecule has 0 aliphatic rings. The molecular weight excluding hydrogens is 158 g/mol. The first-order valence-corrected chi connectivity index (χ1v) is 4.08. The van der Waals surface area contributed by atoms with E-state index in [2.05, 4.69) is 4.74 Å². The van der Waals surface area contributed by atoms with Crippen LogP contribution in [0, 0.1) is 0 Å². The van der Waals surface area contributed by atoms with Crippen molar-refractivity contribution in [2.24, 2.45) is 0 Å². The topological polar surface area (TPSA) is 49.8 Å². The zero-order valence-electron chi connectivity index (χ0n) is 7.75. The third-order valence-electron chi connectivity index (χ3n) is 1.57. The molecule has 0 aliphatic heterocycles. The zero-order valence-corrected chi connectivity index (χ0v) is 7.75. The van der Waals surface area contributed by atoms with E-state index in [4.69, 9.17) is 5.11 Å². The van der Waals surface area contributed by atoms with E-state index in [1.165, 1.54) is 7.11 Å². The summed E-state index contributed by atoms with van der Waals surface area (Å²) in [6, 6.07) is 0. The molecule has 0 saturated carbocycles. The summed E-state index contributed by atoms with van der Waals surface area (Å²) in [5.74, 6) is 0.0489. The van der Waals surface area contributed by atoms with E-state index in [9.17, 15) is 4.79 Å². The molecular formula is C8H17NO3. The van der Waals surface area contributed by atoms with Crippen molar-refractivity contribution in [3.8, 4) is 0 Å². The van der Waals surface area contributed by atoms with Gasteiger partial charge in [-0.3, -0.25) is 9.69 Å². The lowest BCUT2D eigenvalue weighted by atomic mass is 10.3. The largest absolute Gasteiger partial charge is 0.395 e. The molecule has 0 heterocycles. The first-order valence-electron chi connectivity index (χ1n) is 4.08. The van der Waals surface area contributed by atoms with Crippen LogP contribution < -0.4 is 0 Å². The van der Waals surface area contributed by atoms with Gasteiger partial charge in [0.2, 0.25) is 0 Å². The summed E-state index contributed by atoms with van der Waals surface area (Å²) >= 11 is 0. The van der Waals surface area contributed by atoms with Crippen LogP contribution >= 0.6 is 0 Å². The smallest absolute Gasteiger partial charge is 0.172 e. The molecule has 72 valence electrons. The second kappa shape index (κ2) is 7.21. The molecule has 0 bridgehead atoms. The van der Waals surface area contributed by atoms with E-state index >= 15 is 0 Å². The minimum absolute atomic E-state index is 0.0489. The molecule has 0 spiro atoms. The molecule has 12 heavy (non-hydrogen) atoms. The molecule has 0 amide bonds. The van der Waals surface area contributed by atoms with Gasteiger partial charge in [-0.25, -0.2) is 0 Å². The normalized spacial score (nSPS) is 10.7. The number of hydrogen-bond donors (Lipinski definition) is 1. The Bertz CT molecular complexity index is 127. The summed E-state index contributed by atoms with van der Waals surface area (Å²) in [6.07, 6.45) is 0. The first kappa shape index (κ1) is 11.6. The number of aliphatic hydroxyl groups excluding tert-OH is 1. The molecule has 0 radical (unpaired) electrons. The number of aliphatic hydroxyl groups is 1. The molecule has 4 heteroatoms. The summed E-state index contributed by atoms with van der Waals surface area (Å²) in [4.78, 5) is 12.9. The lowest BCUT2D eigenvalue weighted by Crippen LogP contribution is -2.33. The van der Waals surface area contributed by atoms with E-state index in [1.54, 1.807) is 0 Å². The number of ketones is 1. The molecule has 0 rings (SSSR count). The molecule has 0 saturated heterocycles. The number of hydrogen-bond acceptors (Lipinski definition) is 4. The summed E-state index contributed by atoms with van der Waals surface area (Å²) in [6.45, 7) is 3.89. The zero-order chi connectivity index (χ0) is 9.40. The maximum Gasteiger partial charge on any atom is 0.172 e. The Kier molecular flexibility index (Phi) is 6.94. The van der Waals surface area contributed by atoms with Crippen LogP contribution in [0.2, 0.25) is 0 Å². The predicted octanol–water partition coefficient (Wildman–Crippen LogP) is -0.484. The van der Waals surface area contributed by atoms with E-state index < -0.39 is 0 Å². The third kappa shape index (κ3) is 5.23. The number of likely N-dealkylation sites (N-methyl/N-ethyl adjacent to an activating group) is 1. The van der Waals surface area contributed by atoms with Crippen LogP contribution in [0.15, 0.2) is 0 Å². The molecule has 0 fully saturated rings. The number of carbonyl (C=O) groups excluding carboxylic acids is 1. The van der Waals surface area contributed by atoms with Crippen molar-refractivity contribution in [3.05, 3.63) is 0 Å². The lowest BCUT2D eigenvalue weighted by Gasteiger charge is -2.17. The number of rotatable bonds is 7. The highest BCUT2D eigenvalue weighted by atomic mass is 16.5. The van der Waals surface area contributed by atoms with Crippen molar-refractivity contribution in [1.29, 1.82) is 0 Å². The molecule has 1 N–H and O–H groups in total. The van der Waals surface area contributed by atoms with Crippen molar-refractivity contribution in [1.82, 2.24) is 4.90 Å². The molecule has 0 unspecified atom stereocenters. The fourth-order valence-electron chi connectivity index (χ4n) is 0.946. The van der Waals surface area contributed by atoms with Crippen LogP contribution in [0.25, 0.3) is 0 Å². The number of ether oxygens (including phenoxy) is 1. The molecule has 4 nitrogen and oxygen atoms in total. The van der Waals surface area contributed by atoms with Crippen molar-refractivity contribution >= 4 is 5.78 Å². The fourth-order valence-corrected chi connectivity index (χ4v) is 0.946. The summed E-state index contributed by atoms with van der Waals surface area (Å²) in [7, 11) is 1.50. The van der Waals surface area contributed by atoms with Gasteiger partial charge in [0.1, 0.15) is 6.61 Å². The van der Waals surface area contributed by atoms with E-state index in [-0.39, 0.29) is 19.0 Å². The average Bonchev–Trinajstić information content (AvgIpc) is 2.04. The van der Waals surface area contributed by atoms with Crippen molar-refractivity contribution in [2.45, 2.75) is 6.92 Å². The van der Waals surface area contributed by atoms with Crippen LogP contribution in [0.4, 0.5) is 0 Å². The maximum atomic E-state index is 11.0. The Morgan fingerprint density at radius 1 is 1.58 bits per heavy atom. The van der Waals surface area contributed by atoms with Crippen LogP contribution in [0.1, 0.15) is 6.92 Å². The standard InChI is InChI=1S/C8H17NO3/c1-3-9(4-5-10)6-8(11)7-12-2/h10H,3-7H2,1-2H3. The second-order valence-corrected chi connectivity index (χ2v) is 2.56. The van der Waals surface area contributed by atoms with Crippen LogP contribution in [0.3, 0.4) is 0 Å². The Hall–Kier alpha value is -0.450. The third-order valence-corrected chi connectivity index (χ3v) is 1.57. The number of methoxy groups -OCH3 is 1. The molecule has 0 aromatic heterocycles. The summed E-state index contributed by atoms with van der Waals surface area (Å²) in [5, 5.41) is 8.63. The van der Waals surface area contributed by atoms with Crippen molar-refractivity contribution < 1.29 is 14.6 Å². The van der Waals surface area contributed by atoms with Gasteiger partial charge in [0.15, 0.2) is 5.78 Å². The highest BCUT2D eigenvalue weighted by molar-refractivity contribution is 5.81. The number of Topliss-reactive ketones (excluding diaryl/α,β-unsaturated/α-hetero) is 1. The second-order valence-electron chi connectivity index (χ2n) is 2.56. The maximum absolute atomic E-state index is 11.0. The summed E-state index contributed by atoms with van der Waals surface area (Å²) < 4.78 is 4.69. The van der Waals surface area contributed by atoms with Gasteiger partial charge in [0, 0.05) is 13.7 Å². The number of carbonyl (C=O) groups is 1. The Morgan fingerprint density at radius 2 is 2.25 bits per heavy atom. The van der Waals surface area contributed by atoms with Crippen LogP contribution in [-0.2, 0) is 9.53 Å². The highest BCUT2D eigenvalue weighted by Crippen LogP contribution is 1.87. The van der Waals surface area contributed by atoms with Crippen molar-refractivity contribution in [2.75, 3.05) is 40.0 Å². The minimum Gasteiger partial charge on any atom is -0.395 e. The lowest BCUT2D eigenvalue weighted by molar-refractivity contribution is -0.123. The summed E-state index contributed by atoms with van der Waals surface area (Å²) in [5.41, 5.74) is 0. The fraction of sp³-hybridized carbons (Fsp3) is 0.875. The predicted molar refractivity (Wildman–Crippen MR) is 46.1 cm³/mol.